The summed E-state index contributed by atoms with van der Waals surface area (Å²) in [5.74, 6) is 0.527. The lowest BCUT2D eigenvalue weighted by Gasteiger charge is -2.17. The number of nitrogens with one attached hydrogen (secondary N) is 1. The summed E-state index contributed by atoms with van der Waals surface area (Å²) < 4.78 is 5.64. The number of carbonyl (C=O) groups excluding carboxylic acids is 3. The van der Waals surface area contributed by atoms with Gasteiger partial charge in [0.05, 0.1) is 6.21 Å². The third-order valence-corrected chi connectivity index (χ3v) is 4.20. The Morgan fingerprint density at radius 1 is 0.926 bits per heavy atom. The highest BCUT2D eigenvalue weighted by Gasteiger charge is 2.29. The first-order valence-corrected chi connectivity index (χ1v) is 8.06. The predicted octanol–water partition coefficient (Wildman–Crippen LogP) is 2.72. The number of hydrogen-bond donors (Lipinski definition) is 2. The smallest absolute Gasteiger partial charge is 0.332 e. The molecule has 0 radical (unpaired) electrons. The molecular formula is C20H13N3O4. The molecule has 0 saturated heterocycles. The number of nitrogens with zero attached hydrogens (tertiary/aromatic N) is 1. The van der Waals surface area contributed by atoms with Gasteiger partial charge in [-0.15, -0.1) is 0 Å². The van der Waals surface area contributed by atoms with Crippen LogP contribution < -0.4 is 11.2 Å². The lowest BCUT2D eigenvalue weighted by molar-refractivity contribution is 0.0979. The average molecular weight is 359 g/mol. The van der Waals surface area contributed by atoms with Crippen molar-refractivity contribution in [1.29, 1.82) is 0 Å². The van der Waals surface area contributed by atoms with Gasteiger partial charge in [0.25, 0.3) is 0 Å². The topological polar surface area (TPSA) is 115 Å². The van der Waals surface area contributed by atoms with Crippen LogP contribution in [0, 0.1) is 0 Å². The number of hydrogen-bond acceptors (Lipinski definition) is 5. The van der Waals surface area contributed by atoms with E-state index in [1.54, 1.807) is 54.6 Å². The van der Waals surface area contributed by atoms with Gasteiger partial charge in [-0.25, -0.2) is 10.2 Å². The van der Waals surface area contributed by atoms with Gasteiger partial charge in [0.15, 0.2) is 11.6 Å². The number of benzene rings is 2. The van der Waals surface area contributed by atoms with E-state index in [0.29, 0.717) is 39.3 Å². The van der Waals surface area contributed by atoms with Gasteiger partial charge in [0.1, 0.15) is 11.5 Å². The molecule has 4 rings (SSSR count). The fourth-order valence-corrected chi connectivity index (χ4v) is 2.99. The van der Waals surface area contributed by atoms with E-state index in [-0.39, 0.29) is 11.6 Å². The van der Waals surface area contributed by atoms with Crippen LogP contribution in [0.5, 0.6) is 0 Å². The summed E-state index contributed by atoms with van der Waals surface area (Å²) in [6, 6.07) is 14.4. The maximum atomic E-state index is 12.8. The van der Waals surface area contributed by atoms with Crippen molar-refractivity contribution in [1.82, 2.24) is 5.43 Å². The summed E-state index contributed by atoms with van der Waals surface area (Å²) >= 11 is 0. The number of rotatable bonds is 3. The van der Waals surface area contributed by atoms with Crippen molar-refractivity contribution in [2.24, 2.45) is 10.8 Å². The van der Waals surface area contributed by atoms with Crippen LogP contribution >= 0.6 is 0 Å². The Morgan fingerprint density at radius 3 is 2.30 bits per heavy atom. The predicted molar refractivity (Wildman–Crippen MR) is 97.8 cm³/mol. The molecule has 0 saturated carbocycles. The van der Waals surface area contributed by atoms with Crippen LogP contribution in [0.1, 0.15) is 37.6 Å². The molecule has 3 N–H and O–H groups in total. The second-order valence-corrected chi connectivity index (χ2v) is 5.90. The molecule has 7 heteroatoms. The minimum absolute atomic E-state index is 0.170. The largest absolute Gasteiger partial charge is 0.455 e. The van der Waals surface area contributed by atoms with E-state index in [4.69, 9.17) is 10.2 Å². The fraction of sp³-hybridized carbons (Fsp3) is 0. The quantitative estimate of drug-likeness (QED) is 0.432. The number of carbonyl (C=O) groups is 3. The number of fused-ring (bicyclic) bond motifs is 2. The van der Waals surface area contributed by atoms with Crippen LogP contribution in [0.15, 0.2) is 64.1 Å². The number of urea groups is 1. The van der Waals surface area contributed by atoms with E-state index in [1.165, 1.54) is 6.21 Å². The van der Waals surface area contributed by atoms with Gasteiger partial charge in [0.2, 0.25) is 0 Å². The zero-order chi connectivity index (χ0) is 19.0. The van der Waals surface area contributed by atoms with Crippen molar-refractivity contribution in [2.45, 2.75) is 0 Å². The molecule has 0 aliphatic heterocycles. The molecular weight excluding hydrogens is 346 g/mol. The van der Waals surface area contributed by atoms with Crippen molar-refractivity contribution in [3.8, 4) is 11.3 Å². The highest BCUT2D eigenvalue weighted by Crippen LogP contribution is 2.31. The molecule has 0 fully saturated rings. The van der Waals surface area contributed by atoms with Gasteiger partial charge in [-0.3, -0.25) is 9.59 Å². The molecule has 7 nitrogen and oxygen atoms in total. The first-order valence-electron chi connectivity index (χ1n) is 8.06. The second kappa shape index (κ2) is 6.38. The van der Waals surface area contributed by atoms with Crippen molar-refractivity contribution in [3.63, 3.8) is 0 Å². The summed E-state index contributed by atoms with van der Waals surface area (Å²) in [7, 11) is 0. The summed E-state index contributed by atoms with van der Waals surface area (Å²) in [6.45, 7) is 0. The lowest BCUT2D eigenvalue weighted by atomic mass is 9.83. The Hall–Kier alpha value is -4.00. The maximum absolute atomic E-state index is 12.8. The van der Waals surface area contributed by atoms with E-state index in [0.717, 1.165) is 0 Å². The molecule has 1 aromatic heterocycles. The summed E-state index contributed by atoms with van der Waals surface area (Å²) in [5.41, 5.74) is 9.18. The number of amides is 2. The number of ketones is 2. The van der Waals surface area contributed by atoms with Gasteiger partial charge in [0, 0.05) is 27.8 Å². The highest BCUT2D eigenvalue weighted by atomic mass is 16.3. The summed E-state index contributed by atoms with van der Waals surface area (Å²) in [4.78, 5) is 36.0. The highest BCUT2D eigenvalue weighted by molar-refractivity contribution is 6.28. The van der Waals surface area contributed by atoms with Gasteiger partial charge < -0.3 is 10.2 Å². The van der Waals surface area contributed by atoms with Crippen molar-refractivity contribution < 1.29 is 18.8 Å². The molecule has 1 aliphatic carbocycles. The van der Waals surface area contributed by atoms with Crippen LogP contribution in [0.3, 0.4) is 0 Å². The Morgan fingerprint density at radius 2 is 1.59 bits per heavy atom. The monoisotopic (exact) mass is 359 g/mol. The first kappa shape index (κ1) is 16.5. The third-order valence-electron chi connectivity index (χ3n) is 4.20. The van der Waals surface area contributed by atoms with E-state index in [9.17, 15) is 14.4 Å². The van der Waals surface area contributed by atoms with Gasteiger partial charge in [-0.05, 0) is 24.3 Å². The normalized spacial score (nSPS) is 12.7. The minimum atomic E-state index is -0.781. The SMILES string of the molecule is NC(=O)NN=Cc1ccc(-c2ccc3c(c2)C(=O)c2ccccc2C3=O)o1. The van der Waals surface area contributed by atoms with Crippen LogP contribution in [-0.2, 0) is 0 Å². The van der Waals surface area contributed by atoms with Crippen LogP contribution in [-0.4, -0.2) is 23.8 Å². The molecule has 2 amide bonds. The van der Waals surface area contributed by atoms with Crippen LogP contribution in [0.4, 0.5) is 4.79 Å². The Bertz CT molecular complexity index is 1130. The molecule has 0 bridgehead atoms. The molecule has 132 valence electrons. The zero-order valence-corrected chi connectivity index (χ0v) is 13.9. The van der Waals surface area contributed by atoms with Crippen molar-refractivity contribution >= 4 is 23.8 Å². The molecule has 0 atom stereocenters. The minimum Gasteiger partial charge on any atom is -0.455 e. The van der Waals surface area contributed by atoms with E-state index in [1.807, 2.05) is 0 Å². The van der Waals surface area contributed by atoms with Crippen molar-refractivity contribution in [3.05, 3.63) is 82.6 Å². The second-order valence-electron chi connectivity index (χ2n) is 5.90. The fourth-order valence-electron chi connectivity index (χ4n) is 2.99. The maximum Gasteiger partial charge on any atom is 0.332 e. The number of primary amides is 1. The number of furan rings is 1. The van der Waals surface area contributed by atoms with Gasteiger partial charge in [-0.2, -0.15) is 5.10 Å². The lowest BCUT2D eigenvalue weighted by Crippen LogP contribution is -2.24. The molecule has 2 aromatic carbocycles. The molecule has 0 unspecified atom stereocenters. The van der Waals surface area contributed by atoms with Crippen LogP contribution in [0.2, 0.25) is 0 Å². The number of nitrogens with two attached hydrogens (primary N) is 1. The standard InChI is InChI=1S/C20H13N3O4/c21-20(26)23-22-10-12-6-8-17(27-12)11-5-7-15-16(9-11)19(25)14-4-2-1-3-13(14)18(15)24/h1-10H,(H3,21,23,26). The van der Waals surface area contributed by atoms with Crippen LogP contribution in [0.25, 0.3) is 11.3 Å². The van der Waals surface area contributed by atoms with Gasteiger partial charge in [-0.1, -0.05) is 30.3 Å². The first-order chi connectivity index (χ1) is 13.0. The summed E-state index contributed by atoms with van der Waals surface area (Å²) in [5, 5.41) is 3.62. The number of hydrazone groups is 1. The van der Waals surface area contributed by atoms with E-state index in [2.05, 4.69) is 10.5 Å². The van der Waals surface area contributed by atoms with Crippen molar-refractivity contribution in [2.75, 3.05) is 0 Å². The zero-order valence-electron chi connectivity index (χ0n) is 13.9. The molecule has 27 heavy (non-hydrogen) atoms. The molecule has 0 spiro atoms. The molecule has 1 aliphatic rings. The Labute approximate surface area is 153 Å². The Balaban J connectivity index is 1.69. The third kappa shape index (κ3) is 2.91. The van der Waals surface area contributed by atoms with E-state index >= 15 is 0 Å². The molecule has 1 heterocycles. The van der Waals surface area contributed by atoms with Gasteiger partial charge >= 0.3 is 6.03 Å². The Kier molecular flexibility index (Phi) is 3.89. The molecule has 3 aromatic rings. The summed E-state index contributed by atoms with van der Waals surface area (Å²) in [6.07, 6.45) is 1.30. The average Bonchev–Trinajstić information content (AvgIpc) is 3.14. The van der Waals surface area contributed by atoms with E-state index < -0.39 is 6.03 Å².